The van der Waals surface area contributed by atoms with Crippen molar-refractivity contribution in [3.63, 3.8) is 0 Å². The number of urea groups is 1. The molecule has 4 N–H and O–H groups in total. The van der Waals surface area contributed by atoms with E-state index in [1.54, 1.807) is 4.90 Å². The molecule has 1 unspecified atom stereocenters. The Morgan fingerprint density at radius 2 is 2.20 bits per heavy atom. The third kappa shape index (κ3) is 3.40. The zero-order valence-corrected chi connectivity index (χ0v) is 11.6. The molecule has 0 saturated carbocycles. The maximum atomic E-state index is 12.1. The first-order valence-electron chi connectivity index (χ1n) is 6.31. The molecule has 0 radical (unpaired) electrons. The lowest BCUT2D eigenvalue weighted by atomic mass is 10.1. The molecular weight excluding hydrogens is 282 g/mol. The van der Waals surface area contributed by atoms with E-state index in [9.17, 15) is 9.59 Å². The molecular formula is C13H16ClN3O3. The van der Waals surface area contributed by atoms with E-state index in [2.05, 4.69) is 5.32 Å². The molecule has 2 rings (SSSR count). The number of nitrogens with one attached hydrogen (secondary N) is 1. The topological polar surface area (TPSA) is 95.7 Å². The molecule has 1 heterocycles. The van der Waals surface area contributed by atoms with Gasteiger partial charge in [-0.3, -0.25) is 0 Å². The summed E-state index contributed by atoms with van der Waals surface area (Å²) in [4.78, 5) is 24.5. The summed E-state index contributed by atoms with van der Waals surface area (Å²) in [6.07, 6.45) is 1.79. The molecule has 0 spiro atoms. The lowest BCUT2D eigenvalue weighted by Gasteiger charge is -2.30. The molecule has 0 aromatic heterocycles. The molecule has 1 aromatic rings. The third-order valence-electron chi connectivity index (χ3n) is 3.20. The molecule has 7 heteroatoms. The predicted octanol–water partition coefficient (Wildman–Crippen LogP) is 1.99. The van der Waals surface area contributed by atoms with Gasteiger partial charge in [-0.2, -0.15) is 0 Å². The number of benzene rings is 1. The first kappa shape index (κ1) is 14.6. The Morgan fingerprint density at radius 3 is 2.80 bits per heavy atom. The summed E-state index contributed by atoms with van der Waals surface area (Å²) in [7, 11) is 0. The van der Waals surface area contributed by atoms with Crippen molar-refractivity contribution >= 4 is 29.3 Å². The van der Waals surface area contributed by atoms with Gasteiger partial charge in [0.25, 0.3) is 0 Å². The van der Waals surface area contributed by atoms with Crippen LogP contribution >= 0.6 is 11.6 Å². The number of amides is 2. The van der Waals surface area contributed by atoms with Crippen molar-refractivity contribution in [2.75, 3.05) is 18.4 Å². The molecule has 1 atom stereocenters. The Balaban J connectivity index is 2.06. The number of hydrogen-bond acceptors (Lipinski definition) is 3. The molecule has 108 valence electrons. The van der Waals surface area contributed by atoms with Gasteiger partial charge in [-0.15, -0.1) is 0 Å². The van der Waals surface area contributed by atoms with Crippen LogP contribution in [0.1, 0.15) is 23.2 Å². The van der Waals surface area contributed by atoms with E-state index < -0.39 is 5.97 Å². The zero-order valence-electron chi connectivity index (χ0n) is 10.8. The number of hydrogen-bond donors (Lipinski definition) is 3. The van der Waals surface area contributed by atoms with Crippen molar-refractivity contribution < 1.29 is 14.7 Å². The molecule has 2 amide bonds. The number of carbonyl (C=O) groups excluding carboxylic acids is 1. The normalized spacial score (nSPS) is 18.7. The van der Waals surface area contributed by atoms with Crippen LogP contribution in [0.2, 0.25) is 5.02 Å². The molecule has 0 aliphatic carbocycles. The van der Waals surface area contributed by atoms with Crippen molar-refractivity contribution in [3.8, 4) is 0 Å². The largest absolute Gasteiger partial charge is 0.478 e. The fraction of sp³-hybridized carbons (Fsp3) is 0.385. The number of nitrogens with zero attached hydrogens (tertiary/aromatic N) is 1. The summed E-state index contributed by atoms with van der Waals surface area (Å²) in [5.41, 5.74) is 6.29. The Labute approximate surface area is 121 Å². The monoisotopic (exact) mass is 297 g/mol. The van der Waals surface area contributed by atoms with Crippen LogP contribution in [0.25, 0.3) is 0 Å². The third-order valence-corrected chi connectivity index (χ3v) is 3.52. The molecule has 1 aromatic carbocycles. The van der Waals surface area contributed by atoms with Gasteiger partial charge in [0.05, 0.1) is 16.3 Å². The van der Waals surface area contributed by atoms with E-state index in [-0.39, 0.29) is 22.7 Å². The van der Waals surface area contributed by atoms with Crippen molar-refractivity contribution in [2.45, 2.75) is 18.9 Å². The van der Waals surface area contributed by atoms with Crippen molar-refractivity contribution in [2.24, 2.45) is 5.73 Å². The number of likely N-dealkylation sites (tertiary alicyclic amines) is 1. The average molecular weight is 298 g/mol. The number of rotatable bonds is 2. The summed E-state index contributed by atoms with van der Waals surface area (Å²) in [5.74, 6) is -1.06. The van der Waals surface area contributed by atoms with Gasteiger partial charge in [0, 0.05) is 19.1 Å². The quantitative estimate of drug-likeness (QED) is 0.778. The van der Waals surface area contributed by atoms with Gasteiger partial charge >= 0.3 is 12.0 Å². The van der Waals surface area contributed by atoms with E-state index in [0.717, 1.165) is 12.8 Å². The molecule has 1 saturated heterocycles. The van der Waals surface area contributed by atoms with E-state index in [1.165, 1.54) is 18.2 Å². The van der Waals surface area contributed by atoms with Crippen molar-refractivity contribution in [3.05, 3.63) is 28.8 Å². The maximum Gasteiger partial charge on any atom is 0.335 e. The second-order valence-electron chi connectivity index (χ2n) is 4.78. The Hall–Kier alpha value is -1.79. The predicted molar refractivity (Wildman–Crippen MR) is 76.2 cm³/mol. The van der Waals surface area contributed by atoms with Crippen LogP contribution in [-0.2, 0) is 0 Å². The fourth-order valence-electron chi connectivity index (χ4n) is 2.14. The lowest BCUT2D eigenvalue weighted by molar-refractivity contribution is 0.0697. The van der Waals surface area contributed by atoms with Crippen molar-refractivity contribution in [1.82, 2.24) is 4.90 Å². The number of carboxylic acid groups (broad SMARTS) is 1. The highest BCUT2D eigenvalue weighted by atomic mass is 35.5. The minimum Gasteiger partial charge on any atom is -0.478 e. The smallest absolute Gasteiger partial charge is 0.335 e. The van der Waals surface area contributed by atoms with Crippen LogP contribution in [0.15, 0.2) is 18.2 Å². The number of piperidine rings is 1. The van der Waals surface area contributed by atoms with Crippen LogP contribution in [0.3, 0.4) is 0 Å². The van der Waals surface area contributed by atoms with E-state index in [1.807, 2.05) is 0 Å². The highest BCUT2D eigenvalue weighted by Gasteiger charge is 2.21. The first-order valence-corrected chi connectivity index (χ1v) is 6.69. The molecule has 0 bridgehead atoms. The fourth-order valence-corrected chi connectivity index (χ4v) is 2.37. The SMILES string of the molecule is NC1CCCN(C(=O)Nc2ccc(C(=O)O)cc2Cl)C1. The van der Waals surface area contributed by atoms with Crippen LogP contribution < -0.4 is 11.1 Å². The number of carboxylic acids is 1. The first-order chi connectivity index (χ1) is 9.47. The van der Waals surface area contributed by atoms with Crippen LogP contribution in [0, 0.1) is 0 Å². The number of anilines is 1. The van der Waals surface area contributed by atoms with Gasteiger partial charge in [-0.1, -0.05) is 11.6 Å². The second-order valence-corrected chi connectivity index (χ2v) is 5.19. The van der Waals surface area contributed by atoms with Gasteiger partial charge in [-0.05, 0) is 31.0 Å². The van der Waals surface area contributed by atoms with E-state index in [4.69, 9.17) is 22.4 Å². The van der Waals surface area contributed by atoms with Crippen LogP contribution in [0.4, 0.5) is 10.5 Å². The Kier molecular flexibility index (Phi) is 4.46. The molecule has 6 nitrogen and oxygen atoms in total. The Bertz CT molecular complexity index is 536. The lowest BCUT2D eigenvalue weighted by Crippen LogP contribution is -2.47. The van der Waals surface area contributed by atoms with E-state index in [0.29, 0.717) is 18.8 Å². The number of aromatic carboxylic acids is 1. The highest BCUT2D eigenvalue weighted by Crippen LogP contribution is 2.24. The summed E-state index contributed by atoms with van der Waals surface area (Å²) >= 11 is 5.96. The molecule has 1 aliphatic rings. The molecule has 1 fully saturated rings. The van der Waals surface area contributed by atoms with Crippen LogP contribution in [0.5, 0.6) is 0 Å². The van der Waals surface area contributed by atoms with Gasteiger partial charge in [0.2, 0.25) is 0 Å². The zero-order chi connectivity index (χ0) is 14.7. The number of halogens is 1. The minimum absolute atomic E-state index is 0.000594. The van der Waals surface area contributed by atoms with Gasteiger partial charge in [-0.25, -0.2) is 9.59 Å². The van der Waals surface area contributed by atoms with E-state index >= 15 is 0 Å². The maximum absolute atomic E-state index is 12.1. The second kappa shape index (κ2) is 6.11. The number of carbonyl (C=O) groups is 2. The summed E-state index contributed by atoms with van der Waals surface area (Å²) in [6.45, 7) is 1.17. The van der Waals surface area contributed by atoms with Crippen LogP contribution in [-0.4, -0.2) is 41.1 Å². The standard InChI is InChI=1S/C13H16ClN3O3/c14-10-6-8(12(18)19)3-4-11(10)16-13(20)17-5-1-2-9(15)7-17/h3-4,6,9H,1-2,5,7,15H2,(H,16,20)(H,18,19). The average Bonchev–Trinajstić information content (AvgIpc) is 2.40. The highest BCUT2D eigenvalue weighted by molar-refractivity contribution is 6.34. The number of nitrogens with two attached hydrogens (primary N) is 1. The summed E-state index contributed by atoms with van der Waals surface area (Å²) in [5, 5.41) is 11.7. The minimum atomic E-state index is -1.06. The molecule has 20 heavy (non-hydrogen) atoms. The summed E-state index contributed by atoms with van der Waals surface area (Å²) < 4.78 is 0. The Morgan fingerprint density at radius 1 is 1.45 bits per heavy atom. The molecule has 1 aliphatic heterocycles. The van der Waals surface area contributed by atoms with Gasteiger partial charge in [0.15, 0.2) is 0 Å². The summed E-state index contributed by atoms with van der Waals surface area (Å²) in [6, 6.07) is 3.91. The van der Waals surface area contributed by atoms with Crippen molar-refractivity contribution in [1.29, 1.82) is 0 Å². The van der Waals surface area contributed by atoms with Gasteiger partial charge in [0.1, 0.15) is 0 Å². The van der Waals surface area contributed by atoms with Gasteiger partial charge < -0.3 is 21.1 Å².